The number of imidazole rings is 1. The molecule has 2 heterocycles. The number of carbonyl (C=O) groups excluding carboxylic acids is 1. The predicted molar refractivity (Wildman–Crippen MR) is 129 cm³/mol. The summed E-state index contributed by atoms with van der Waals surface area (Å²) >= 11 is 6.13. The van der Waals surface area contributed by atoms with Gasteiger partial charge in [-0.3, -0.25) is 4.79 Å². The number of nitrogens with one attached hydrogen (secondary N) is 1. The van der Waals surface area contributed by atoms with Gasteiger partial charge in [-0.1, -0.05) is 29.8 Å². The van der Waals surface area contributed by atoms with Crippen LogP contribution in [-0.4, -0.2) is 35.7 Å². The first-order chi connectivity index (χ1) is 16.1. The molecule has 0 spiro atoms. The molecule has 33 heavy (non-hydrogen) atoms. The molecular formula is C25H23ClN4O3. The Morgan fingerprint density at radius 2 is 1.94 bits per heavy atom. The summed E-state index contributed by atoms with van der Waals surface area (Å²) in [6.07, 6.45) is 0. The fourth-order valence-electron chi connectivity index (χ4n) is 4.05. The summed E-state index contributed by atoms with van der Waals surface area (Å²) in [5.74, 6) is 1.97. The van der Waals surface area contributed by atoms with Crippen LogP contribution >= 0.6 is 11.6 Å². The van der Waals surface area contributed by atoms with Crippen molar-refractivity contribution in [2.24, 2.45) is 0 Å². The molecule has 0 radical (unpaired) electrons. The van der Waals surface area contributed by atoms with Gasteiger partial charge in [-0.2, -0.15) is 0 Å². The molecule has 3 aromatic carbocycles. The molecule has 7 nitrogen and oxygen atoms in total. The Labute approximate surface area is 196 Å². The largest absolute Gasteiger partial charge is 0.494 e. The zero-order valence-electron chi connectivity index (χ0n) is 18.1. The number of fused-ring (bicyclic) bond motifs is 3. The van der Waals surface area contributed by atoms with Gasteiger partial charge in [0.05, 0.1) is 30.4 Å². The molecule has 1 amide bonds. The first-order valence-electron chi connectivity index (χ1n) is 10.7. The lowest BCUT2D eigenvalue weighted by Crippen LogP contribution is -2.33. The van der Waals surface area contributed by atoms with Gasteiger partial charge in [0.2, 0.25) is 0 Å². The van der Waals surface area contributed by atoms with Crippen molar-refractivity contribution in [3.8, 4) is 11.5 Å². The third-order valence-corrected chi connectivity index (χ3v) is 5.89. The molecule has 1 N–H and O–H groups in total. The molecule has 0 bridgehead atoms. The maximum absolute atomic E-state index is 12.4. The van der Waals surface area contributed by atoms with Crippen LogP contribution in [0.4, 0.5) is 11.4 Å². The average Bonchev–Trinajstić information content (AvgIpc) is 3.20. The van der Waals surface area contributed by atoms with E-state index < -0.39 is 0 Å². The molecule has 0 saturated heterocycles. The van der Waals surface area contributed by atoms with Crippen LogP contribution in [0.25, 0.3) is 11.0 Å². The fraction of sp³-hybridized carbons (Fsp3) is 0.200. The van der Waals surface area contributed by atoms with Crippen molar-refractivity contribution >= 4 is 39.9 Å². The maximum Gasteiger partial charge on any atom is 0.262 e. The van der Waals surface area contributed by atoms with Crippen molar-refractivity contribution in [1.82, 2.24) is 9.55 Å². The minimum Gasteiger partial charge on any atom is -0.494 e. The highest BCUT2D eigenvalue weighted by molar-refractivity contribution is 6.31. The van der Waals surface area contributed by atoms with E-state index in [1.165, 1.54) is 0 Å². The summed E-state index contributed by atoms with van der Waals surface area (Å²) in [5, 5.41) is 3.55. The highest BCUT2D eigenvalue weighted by Gasteiger charge is 2.21. The Morgan fingerprint density at radius 1 is 1.09 bits per heavy atom. The van der Waals surface area contributed by atoms with E-state index in [2.05, 4.69) is 14.8 Å². The second-order valence-corrected chi connectivity index (χ2v) is 8.21. The van der Waals surface area contributed by atoms with E-state index in [4.69, 9.17) is 26.1 Å². The lowest BCUT2D eigenvalue weighted by molar-refractivity contribution is -0.118. The second kappa shape index (κ2) is 9.03. The summed E-state index contributed by atoms with van der Waals surface area (Å²) in [6, 6.07) is 20.8. The molecule has 4 aromatic rings. The molecule has 0 saturated carbocycles. The SMILES string of the molecule is COc1cc(N2CCn3c(nc4cc(Cl)ccc43)C2)ccc1NC(=O)COc1ccccc1. The minimum atomic E-state index is -0.254. The van der Waals surface area contributed by atoms with Crippen LogP contribution in [0.3, 0.4) is 0 Å². The van der Waals surface area contributed by atoms with Crippen molar-refractivity contribution in [2.45, 2.75) is 13.1 Å². The van der Waals surface area contributed by atoms with E-state index in [0.29, 0.717) is 28.8 Å². The smallest absolute Gasteiger partial charge is 0.262 e. The number of hydrogen-bond acceptors (Lipinski definition) is 5. The number of rotatable bonds is 6. The summed E-state index contributed by atoms with van der Waals surface area (Å²) in [4.78, 5) is 19.4. The number of hydrogen-bond donors (Lipinski definition) is 1. The highest BCUT2D eigenvalue weighted by atomic mass is 35.5. The standard InChI is InChI=1S/C25H23ClN4O3/c1-32-23-14-18(8-9-20(23)28-25(31)16-33-19-5-3-2-4-6-19)29-11-12-30-22-10-7-17(26)13-21(22)27-24(30)15-29/h2-10,13-14H,11-12,15-16H2,1H3,(H,28,31). The number of methoxy groups -OCH3 is 1. The summed E-state index contributed by atoms with van der Waals surface area (Å²) in [6.45, 7) is 2.25. The monoisotopic (exact) mass is 462 g/mol. The van der Waals surface area contributed by atoms with E-state index in [0.717, 1.165) is 35.6 Å². The van der Waals surface area contributed by atoms with Crippen molar-refractivity contribution in [3.05, 3.63) is 77.6 Å². The number of nitrogens with zero attached hydrogens (tertiary/aromatic N) is 3. The molecule has 5 rings (SSSR count). The van der Waals surface area contributed by atoms with Crippen LogP contribution in [0, 0.1) is 0 Å². The van der Waals surface area contributed by atoms with Crippen molar-refractivity contribution in [2.75, 3.05) is 30.5 Å². The Bertz CT molecular complexity index is 1310. The molecule has 0 fully saturated rings. The molecular weight excluding hydrogens is 440 g/mol. The van der Waals surface area contributed by atoms with Gasteiger partial charge in [0, 0.05) is 29.9 Å². The highest BCUT2D eigenvalue weighted by Crippen LogP contribution is 2.32. The third kappa shape index (κ3) is 4.45. The van der Waals surface area contributed by atoms with E-state index in [-0.39, 0.29) is 12.5 Å². The molecule has 1 aliphatic rings. The number of benzene rings is 3. The van der Waals surface area contributed by atoms with Gasteiger partial charge >= 0.3 is 0 Å². The average molecular weight is 463 g/mol. The number of para-hydroxylation sites is 1. The second-order valence-electron chi connectivity index (χ2n) is 7.77. The number of amides is 1. The Balaban J connectivity index is 1.29. The van der Waals surface area contributed by atoms with E-state index in [1.54, 1.807) is 7.11 Å². The topological polar surface area (TPSA) is 68.6 Å². The summed E-state index contributed by atoms with van der Waals surface area (Å²) < 4.78 is 13.3. The molecule has 1 aromatic heterocycles. The Morgan fingerprint density at radius 3 is 2.76 bits per heavy atom. The Hall–Kier alpha value is -3.71. The zero-order valence-corrected chi connectivity index (χ0v) is 18.9. The quantitative estimate of drug-likeness (QED) is 0.448. The van der Waals surface area contributed by atoms with Gasteiger partial charge in [0.25, 0.3) is 5.91 Å². The van der Waals surface area contributed by atoms with Crippen LogP contribution < -0.4 is 19.7 Å². The third-order valence-electron chi connectivity index (χ3n) is 5.65. The van der Waals surface area contributed by atoms with Gasteiger partial charge in [-0.15, -0.1) is 0 Å². The lowest BCUT2D eigenvalue weighted by atomic mass is 10.2. The number of anilines is 2. The summed E-state index contributed by atoms with van der Waals surface area (Å²) in [5.41, 5.74) is 3.61. The van der Waals surface area contributed by atoms with Crippen LogP contribution in [0.2, 0.25) is 5.02 Å². The van der Waals surface area contributed by atoms with Gasteiger partial charge in [0.1, 0.15) is 17.3 Å². The van der Waals surface area contributed by atoms with Crippen molar-refractivity contribution < 1.29 is 14.3 Å². The molecule has 1 aliphatic heterocycles. The van der Waals surface area contributed by atoms with Gasteiger partial charge in [-0.25, -0.2) is 4.98 Å². The fourth-order valence-corrected chi connectivity index (χ4v) is 4.21. The van der Waals surface area contributed by atoms with Crippen LogP contribution in [0.5, 0.6) is 11.5 Å². The van der Waals surface area contributed by atoms with Gasteiger partial charge in [0.15, 0.2) is 6.61 Å². The van der Waals surface area contributed by atoms with Crippen LogP contribution in [0.1, 0.15) is 5.82 Å². The first-order valence-corrected chi connectivity index (χ1v) is 11.0. The first kappa shape index (κ1) is 21.2. The van der Waals surface area contributed by atoms with Gasteiger partial charge < -0.3 is 24.3 Å². The Kier molecular flexibility index (Phi) is 5.79. The lowest BCUT2D eigenvalue weighted by Gasteiger charge is -2.30. The number of carbonyl (C=O) groups is 1. The van der Waals surface area contributed by atoms with E-state index >= 15 is 0 Å². The molecule has 168 valence electrons. The maximum atomic E-state index is 12.4. The van der Waals surface area contributed by atoms with E-state index in [1.807, 2.05) is 66.7 Å². The molecule has 0 aliphatic carbocycles. The number of ether oxygens (including phenoxy) is 2. The molecule has 0 atom stereocenters. The normalized spacial score (nSPS) is 13.0. The van der Waals surface area contributed by atoms with Gasteiger partial charge in [-0.05, 0) is 42.5 Å². The van der Waals surface area contributed by atoms with Crippen LogP contribution in [0.15, 0.2) is 66.7 Å². The number of aromatic nitrogens is 2. The predicted octanol–water partition coefficient (Wildman–Crippen LogP) is 4.74. The zero-order chi connectivity index (χ0) is 22.8. The van der Waals surface area contributed by atoms with Crippen molar-refractivity contribution in [1.29, 1.82) is 0 Å². The van der Waals surface area contributed by atoms with E-state index in [9.17, 15) is 4.79 Å². The van der Waals surface area contributed by atoms with Crippen molar-refractivity contribution in [3.63, 3.8) is 0 Å². The van der Waals surface area contributed by atoms with Crippen LogP contribution in [-0.2, 0) is 17.9 Å². The number of halogens is 1. The minimum absolute atomic E-state index is 0.0821. The summed E-state index contributed by atoms with van der Waals surface area (Å²) in [7, 11) is 1.59. The molecule has 8 heteroatoms. The molecule has 0 unspecified atom stereocenters.